The number of nitrogen functional groups attached to an aromatic ring is 3. The fourth-order valence-electron chi connectivity index (χ4n) is 14.3. The highest BCUT2D eigenvalue weighted by Gasteiger charge is 2.22. The number of aromatic carboxylic acids is 2. The van der Waals surface area contributed by atoms with E-state index in [1.54, 1.807) is 91.9 Å². The first-order valence-corrected chi connectivity index (χ1v) is 42.1. The van der Waals surface area contributed by atoms with E-state index in [1.165, 1.54) is 166 Å². The van der Waals surface area contributed by atoms with Gasteiger partial charge in [-0.3, -0.25) is 24.0 Å². The number of nitrogens with two attached hydrogens (primary N) is 4. The quantitative estimate of drug-likeness (QED) is 0.0209. The van der Waals surface area contributed by atoms with E-state index in [0.29, 0.717) is 81.6 Å². The fraction of sp³-hybridized carbons (Fsp3) is 0.461. The molecule has 5 fully saturated rings. The second-order valence-electron chi connectivity index (χ2n) is 30.1. The average molecular weight is 1770 g/mol. The summed E-state index contributed by atoms with van der Waals surface area (Å²) in [6.45, 7) is 13.2. The van der Waals surface area contributed by atoms with Gasteiger partial charge in [0, 0.05) is 61.1 Å². The van der Waals surface area contributed by atoms with Crippen LogP contribution in [0.1, 0.15) is 271 Å². The van der Waals surface area contributed by atoms with E-state index in [0.717, 1.165) is 97.8 Å². The Bertz CT molecular complexity index is 4170. The number of anilines is 4. The molecule has 5 aliphatic rings. The summed E-state index contributed by atoms with van der Waals surface area (Å²) in [4.78, 5) is 102. The summed E-state index contributed by atoms with van der Waals surface area (Å²) in [6.07, 6.45) is 35.2. The monoisotopic (exact) mass is 1770 g/mol. The van der Waals surface area contributed by atoms with Crippen LogP contribution in [0.3, 0.4) is 0 Å². The van der Waals surface area contributed by atoms with Crippen LogP contribution in [0.5, 0.6) is 0 Å². The lowest BCUT2D eigenvalue weighted by molar-refractivity contribution is 0.0597. The Morgan fingerprint density at radius 1 is 0.389 bits per heavy atom. The van der Waals surface area contributed by atoms with Crippen LogP contribution < -0.4 is 49.5 Å². The average Bonchev–Trinajstić information content (AvgIpc) is 0.926. The topological polar surface area (TPSA) is 376 Å². The molecule has 5 aliphatic carbocycles. The third-order valence-corrected chi connectivity index (χ3v) is 23.7. The number of carboxylic acids is 2. The van der Waals surface area contributed by atoms with Gasteiger partial charge in [-0.15, -0.1) is 0 Å². The van der Waals surface area contributed by atoms with Crippen molar-refractivity contribution in [1.82, 2.24) is 31.2 Å². The Kier molecular flexibility index (Phi) is 41.3. The highest BCUT2D eigenvalue weighted by atomic mass is 127. The molecule has 0 unspecified atom stereocenters. The minimum Gasteiger partial charge on any atom is -0.478 e. The largest absolute Gasteiger partial charge is 0.478 e. The summed E-state index contributed by atoms with van der Waals surface area (Å²) >= 11 is 4.39. The van der Waals surface area contributed by atoms with Crippen molar-refractivity contribution in [3.05, 3.63) is 207 Å². The van der Waals surface area contributed by atoms with Crippen LogP contribution in [0.25, 0.3) is 0 Å². The lowest BCUT2D eigenvalue weighted by atomic mass is 10.0. The van der Waals surface area contributed by atoms with Crippen LogP contribution in [0.15, 0.2) is 128 Å². The molecule has 113 heavy (non-hydrogen) atoms. The number of aromatic nitrogens is 2. The number of methoxy groups -OCH3 is 1. The minimum absolute atomic E-state index is 0.0610. The number of rotatable bonds is 23. The summed E-state index contributed by atoms with van der Waals surface area (Å²) in [5.41, 5.74) is 31.0. The molecule has 5 aromatic carbocycles. The van der Waals surface area contributed by atoms with Crippen LogP contribution >= 0.6 is 45.2 Å². The number of carboxylic acid groups (broad SMARTS) is 2. The SMILES string of the molecule is COC(=O)c1cc(C(=O)NCCC2CCCC2)ccc1C.Cc1ccc(C(=O)NCCC2CCCC2)cc1C(=O)Nc1ccc(N)nc1.Cc1ccc(C(=O)NCCC2CCCC2)cc1C(=O)O.Cc1ccc(C(=O)NCCC2CCCC2)cc1I.Cc1ccc(C(=O)O)cc1I.NCCC1CCCC1.Nc1ccc(N)nc1. The molecule has 0 radical (unpaired) electrons. The fourth-order valence-corrected chi connectivity index (χ4v) is 15.4. The molecule has 0 spiro atoms. The summed E-state index contributed by atoms with van der Waals surface area (Å²) in [5, 5.41) is 32.3. The van der Waals surface area contributed by atoms with Crippen LogP contribution in [0, 0.1) is 71.3 Å². The Hall–Kier alpha value is -9.02. The van der Waals surface area contributed by atoms with Crippen molar-refractivity contribution in [3.8, 4) is 0 Å². The highest BCUT2D eigenvalue weighted by molar-refractivity contribution is 14.1. The molecule has 24 heteroatoms. The predicted molar refractivity (Wildman–Crippen MR) is 468 cm³/mol. The number of carbonyl (C=O) groups excluding carboxylic acids is 6. The van der Waals surface area contributed by atoms with Gasteiger partial charge in [0.05, 0.1) is 47.6 Å². The van der Waals surface area contributed by atoms with Gasteiger partial charge in [-0.25, -0.2) is 24.4 Å². The third-order valence-electron chi connectivity index (χ3n) is 21.4. The van der Waals surface area contributed by atoms with Gasteiger partial charge in [-0.1, -0.05) is 159 Å². The maximum absolute atomic E-state index is 12.6. The predicted octanol–water partition coefficient (Wildman–Crippen LogP) is 17.6. The number of nitrogens with zero attached hydrogens (tertiary/aromatic N) is 2. The Morgan fingerprint density at radius 3 is 1.04 bits per heavy atom. The van der Waals surface area contributed by atoms with Gasteiger partial charge >= 0.3 is 17.9 Å². The number of pyridine rings is 2. The van der Waals surface area contributed by atoms with E-state index in [9.17, 15) is 38.4 Å². The molecular weight excluding hydrogens is 1650 g/mol. The zero-order valence-electron chi connectivity index (χ0n) is 66.8. The molecule has 15 N–H and O–H groups in total. The molecule has 22 nitrogen and oxygen atoms in total. The Balaban J connectivity index is 0.000000213. The molecule has 5 saturated carbocycles. The van der Waals surface area contributed by atoms with E-state index in [1.807, 2.05) is 45.0 Å². The van der Waals surface area contributed by atoms with Crippen molar-refractivity contribution >= 4 is 116 Å². The second kappa shape index (κ2) is 50.3. The van der Waals surface area contributed by atoms with Crippen molar-refractivity contribution < 1.29 is 53.3 Å². The number of esters is 1. The minimum atomic E-state index is -0.997. The smallest absolute Gasteiger partial charge is 0.338 e. The van der Waals surface area contributed by atoms with Gasteiger partial charge in [0.15, 0.2) is 0 Å². The highest BCUT2D eigenvalue weighted by Crippen LogP contribution is 2.31. The van der Waals surface area contributed by atoms with Crippen LogP contribution in [-0.4, -0.2) is 107 Å². The van der Waals surface area contributed by atoms with Crippen molar-refractivity contribution in [2.45, 2.75) is 195 Å². The Morgan fingerprint density at radius 2 is 0.708 bits per heavy atom. The van der Waals surface area contributed by atoms with Crippen LogP contribution in [0.4, 0.5) is 23.0 Å². The van der Waals surface area contributed by atoms with Gasteiger partial charge in [0.25, 0.3) is 29.5 Å². The molecule has 0 bridgehead atoms. The first-order chi connectivity index (χ1) is 54.2. The van der Waals surface area contributed by atoms with E-state index in [2.05, 4.69) is 88.7 Å². The molecule has 0 saturated heterocycles. The molecule has 610 valence electrons. The van der Waals surface area contributed by atoms with Crippen LogP contribution in [-0.2, 0) is 4.74 Å². The maximum atomic E-state index is 12.6. The van der Waals surface area contributed by atoms with E-state index in [4.69, 9.17) is 37.9 Å². The number of carbonyl (C=O) groups is 8. The number of halogens is 2. The first kappa shape index (κ1) is 92.8. The van der Waals surface area contributed by atoms with Gasteiger partial charge in [-0.05, 0) is 261 Å². The molecule has 2 heterocycles. The van der Waals surface area contributed by atoms with E-state index in [-0.39, 0.29) is 35.1 Å². The molecule has 2 aromatic heterocycles. The van der Waals surface area contributed by atoms with Crippen molar-refractivity contribution in [3.63, 3.8) is 0 Å². The number of amides is 5. The Labute approximate surface area is 695 Å². The number of nitrogens with one attached hydrogen (secondary N) is 5. The van der Waals surface area contributed by atoms with Gasteiger partial charge in [0.1, 0.15) is 11.6 Å². The van der Waals surface area contributed by atoms with Gasteiger partial charge < -0.3 is 64.5 Å². The molecule has 7 aromatic rings. The zero-order valence-corrected chi connectivity index (χ0v) is 71.1. The number of hydrogen-bond donors (Lipinski definition) is 11. The maximum Gasteiger partial charge on any atom is 0.338 e. The number of ether oxygens (including phenoxy) is 1. The van der Waals surface area contributed by atoms with Gasteiger partial charge in [0.2, 0.25) is 0 Å². The molecule has 5 amide bonds. The number of aryl methyl sites for hydroxylation is 5. The van der Waals surface area contributed by atoms with Crippen molar-refractivity contribution in [2.75, 3.05) is 62.4 Å². The summed E-state index contributed by atoms with van der Waals surface area (Å²) in [6, 6.07) is 32.7. The number of benzene rings is 5. The standard InChI is InChI=1S/C21H26N4O2.C17H23NO3.C16H21NO3.C15H20INO.C8H7IO2.C7H15N.C5H7N3/c1-14-6-7-16(20(26)23-11-10-15-4-2-3-5-15)12-18(14)21(27)25-17-8-9-19(22)24-13-17;1-12-7-8-14(11-15(12)17(20)21-2)16(19)18-10-9-13-5-3-4-6-13;1-11-6-7-13(10-14(11)16(19)20)15(18)17-9-8-12-4-2-3-5-12;1-11-6-7-13(10-14(11)16)15(18)17-9-8-12-4-2-3-5-12;1-5-2-3-6(8(10)11)4-7(5)9;8-6-5-7-3-1-2-4-7;6-4-1-2-5(7)8-3-4/h6-9,12-13,15H,2-5,10-11H2,1H3,(H2,22,24)(H,23,26)(H,25,27);7-8,11,13H,3-6,9-10H2,1-2H3,(H,18,19);6-7,10,12H,2-5,8-9H2,1H3,(H,17,18)(H,19,20);6-7,10,12H,2-5,8-9H2,1H3,(H,17,18);2-4H,1H3,(H,10,11);7H,1-6,8H2;1-3H,6H2,(H2,7,8). The summed E-state index contributed by atoms with van der Waals surface area (Å²) < 4.78 is 6.87. The molecule has 12 rings (SSSR count). The zero-order chi connectivity index (χ0) is 82.2. The lowest BCUT2D eigenvalue weighted by Gasteiger charge is -2.12. The summed E-state index contributed by atoms with van der Waals surface area (Å²) in [5.74, 6) is 1.99. The molecule has 0 atom stereocenters. The number of hydrogen-bond acceptors (Lipinski definition) is 15. The molecule has 0 aliphatic heterocycles. The van der Waals surface area contributed by atoms with E-state index < -0.39 is 17.9 Å². The van der Waals surface area contributed by atoms with Crippen molar-refractivity contribution in [2.24, 2.45) is 35.3 Å². The van der Waals surface area contributed by atoms with E-state index >= 15 is 0 Å². The van der Waals surface area contributed by atoms with Gasteiger partial charge in [-0.2, -0.15) is 0 Å². The second-order valence-corrected chi connectivity index (χ2v) is 32.4. The molecular formula is C89H119I2N11O11. The van der Waals surface area contributed by atoms with Crippen molar-refractivity contribution in [1.29, 1.82) is 0 Å². The summed E-state index contributed by atoms with van der Waals surface area (Å²) in [7, 11) is 1.34. The first-order valence-electron chi connectivity index (χ1n) is 39.9. The normalized spacial score (nSPS) is 14.5. The van der Waals surface area contributed by atoms with Crippen LogP contribution in [0.2, 0.25) is 0 Å². The third kappa shape index (κ3) is 33.9. The lowest BCUT2D eigenvalue weighted by Crippen LogP contribution is -2.26.